The molecule has 1 aromatic heterocycles. The largest absolute Gasteiger partial charge is 0.497 e. The molecule has 0 N–H and O–H groups in total. The van der Waals surface area contributed by atoms with Crippen molar-refractivity contribution >= 4 is 34.4 Å². The third-order valence-corrected chi connectivity index (χ3v) is 5.32. The quantitative estimate of drug-likeness (QED) is 0.522. The number of carbonyl (C=O) groups excluding carboxylic acids is 2. The van der Waals surface area contributed by atoms with Crippen molar-refractivity contribution in [3.8, 4) is 5.75 Å². The minimum Gasteiger partial charge on any atom is -0.497 e. The summed E-state index contributed by atoms with van der Waals surface area (Å²) in [5.41, 5.74) is 2.69. The molecule has 0 bridgehead atoms. The van der Waals surface area contributed by atoms with Crippen molar-refractivity contribution in [3.05, 3.63) is 64.3 Å². The standard InChI is InChI=1S/C23H24ClNO4/c1-5-14(2)29-22(26)13-19-15(3)25(21-11-10-18(28-4)12-20(19)21)23(27)16-6-8-17(24)9-7-16/h6-12,14H,5,13H2,1-4H3. The summed E-state index contributed by atoms with van der Waals surface area (Å²) in [7, 11) is 1.58. The van der Waals surface area contributed by atoms with E-state index in [1.54, 1.807) is 42.0 Å². The molecule has 2 aromatic carbocycles. The second-order valence-electron chi connectivity index (χ2n) is 6.98. The summed E-state index contributed by atoms with van der Waals surface area (Å²) >= 11 is 5.95. The molecule has 0 aliphatic rings. The molecule has 5 nitrogen and oxygen atoms in total. The van der Waals surface area contributed by atoms with Crippen LogP contribution in [0.1, 0.15) is 41.9 Å². The fourth-order valence-corrected chi connectivity index (χ4v) is 3.42. The van der Waals surface area contributed by atoms with Crippen molar-refractivity contribution in [1.29, 1.82) is 0 Å². The molecule has 0 saturated carbocycles. The summed E-state index contributed by atoms with van der Waals surface area (Å²) in [6, 6.07) is 12.2. The lowest BCUT2D eigenvalue weighted by atomic mass is 10.1. The van der Waals surface area contributed by atoms with Gasteiger partial charge in [-0.05, 0) is 68.3 Å². The maximum absolute atomic E-state index is 13.2. The van der Waals surface area contributed by atoms with Crippen molar-refractivity contribution in [2.75, 3.05) is 7.11 Å². The van der Waals surface area contributed by atoms with Gasteiger partial charge in [0.1, 0.15) is 5.75 Å². The monoisotopic (exact) mass is 413 g/mol. The number of rotatable bonds is 6. The maximum Gasteiger partial charge on any atom is 0.310 e. The highest BCUT2D eigenvalue weighted by Crippen LogP contribution is 2.31. The van der Waals surface area contributed by atoms with Crippen LogP contribution in [0.5, 0.6) is 5.75 Å². The summed E-state index contributed by atoms with van der Waals surface area (Å²) in [6.07, 6.45) is 0.678. The Kier molecular flexibility index (Phi) is 6.28. The van der Waals surface area contributed by atoms with E-state index in [9.17, 15) is 9.59 Å². The van der Waals surface area contributed by atoms with Gasteiger partial charge in [-0.1, -0.05) is 18.5 Å². The van der Waals surface area contributed by atoms with E-state index in [0.717, 1.165) is 22.9 Å². The van der Waals surface area contributed by atoms with Crippen LogP contribution in [0, 0.1) is 6.92 Å². The zero-order chi connectivity index (χ0) is 21.1. The fourth-order valence-electron chi connectivity index (χ4n) is 3.29. The van der Waals surface area contributed by atoms with Crippen molar-refractivity contribution in [1.82, 2.24) is 4.57 Å². The number of methoxy groups -OCH3 is 1. The molecular weight excluding hydrogens is 390 g/mol. The summed E-state index contributed by atoms with van der Waals surface area (Å²) < 4.78 is 12.4. The molecule has 0 spiro atoms. The van der Waals surface area contributed by atoms with Crippen LogP contribution in [0.2, 0.25) is 5.02 Å². The number of esters is 1. The number of hydrogen-bond acceptors (Lipinski definition) is 4. The van der Waals surface area contributed by atoms with Crippen LogP contribution < -0.4 is 4.74 Å². The highest BCUT2D eigenvalue weighted by molar-refractivity contribution is 6.30. The fraction of sp³-hybridized carbons (Fsp3) is 0.304. The van der Waals surface area contributed by atoms with E-state index in [-0.39, 0.29) is 24.4 Å². The number of halogens is 1. The molecule has 0 amide bonds. The molecule has 3 aromatic rings. The molecule has 0 radical (unpaired) electrons. The van der Waals surface area contributed by atoms with Crippen LogP contribution in [0.4, 0.5) is 0 Å². The van der Waals surface area contributed by atoms with Gasteiger partial charge in [-0.2, -0.15) is 0 Å². The lowest BCUT2D eigenvalue weighted by Crippen LogP contribution is -2.17. The number of carbonyl (C=O) groups is 2. The minimum atomic E-state index is -0.316. The van der Waals surface area contributed by atoms with Gasteiger partial charge in [0, 0.05) is 21.7 Å². The molecule has 0 fully saturated rings. The van der Waals surface area contributed by atoms with Gasteiger partial charge in [-0.3, -0.25) is 14.2 Å². The maximum atomic E-state index is 13.2. The Labute approximate surface area is 175 Å². The molecule has 1 heterocycles. The Morgan fingerprint density at radius 2 is 1.83 bits per heavy atom. The minimum absolute atomic E-state index is 0.0841. The third-order valence-electron chi connectivity index (χ3n) is 5.06. The molecule has 152 valence electrons. The molecule has 0 aliphatic heterocycles. The van der Waals surface area contributed by atoms with Crippen LogP contribution in [0.25, 0.3) is 10.9 Å². The summed E-state index contributed by atoms with van der Waals surface area (Å²) in [5.74, 6) is 0.157. The van der Waals surface area contributed by atoms with Gasteiger partial charge in [0.15, 0.2) is 0 Å². The summed E-state index contributed by atoms with van der Waals surface area (Å²) in [6.45, 7) is 5.66. The normalized spacial score (nSPS) is 12.0. The van der Waals surface area contributed by atoms with Crippen molar-refractivity contribution in [3.63, 3.8) is 0 Å². The predicted molar refractivity (Wildman–Crippen MR) is 114 cm³/mol. The second-order valence-corrected chi connectivity index (χ2v) is 7.42. The summed E-state index contributed by atoms with van der Waals surface area (Å²) in [4.78, 5) is 25.7. The Morgan fingerprint density at radius 1 is 1.14 bits per heavy atom. The number of ether oxygens (including phenoxy) is 2. The smallest absolute Gasteiger partial charge is 0.310 e. The van der Waals surface area contributed by atoms with E-state index in [0.29, 0.717) is 22.0 Å². The molecule has 6 heteroatoms. The Hall–Kier alpha value is -2.79. The third kappa shape index (κ3) is 4.30. The van der Waals surface area contributed by atoms with Crippen molar-refractivity contribution in [2.45, 2.75) is 39.7 Å². The van der Waals surface area contributed by atoms with E-state index < -0.39 is 0 Å². The molecule has 0 saturated heterocycles. The average Bonchev–Trinajstić information content (AvgIpc) is 2.98. The average molecular weight is 414 g/mol. The number of aromatic nitrogens is 1. The summed E-state index contributed by atoms with van der Waals surface area (Å²) in [5, 5.41) is 1.36. The Balaban J connectivity index is 2.10. The first-order chi connectivity index (χ1) is 13.8. The van der Waals surface area contributed by atoms with Gasteiger partial charge >= 0.3 is 5.97 Å². The first-order valence-electron chi connectivity index (χ1n) is 9.53. The van der Waals surface area contributed by atoms with Gasteiger partial charge in [0.05, 0.1) is 25.2 Å². The van der Waals surface area contributed by atoms with Crippen LogP contribution in [0.3, 0.4) is 0 Å². The highest BCUT2D eigenvalue weighted by atomic mass is 35.5. The van der Waals surface area contributed by atoms with Gasteiger partial charge in [0.25, 0.3) is 5.91 Å². The van der Waals surface area contributed by atoms with E-state index in [1.807, 2.05) is 32.9 Å². The molecule has 1 unspecified atom stereocenters. The lowest BCUT2D eigenvalue weighted by Gasteiger charge is -2.11. The SMILES string of the molecule is CCC(C)OC(=O)Cc1c(C)n(C(=O)c2ccc(Cl)cc2)c2ccc(OC)cc12. The van der Waals surface area contributed by atoms with Gasteiger partial charge in [-0.15, -0.1) is 0 Å². The van der Waals surface area contributed by atoms with E-state index in [2.05, 4.69) is 0 Å². The zero-order valence-electron chi connectivity index (χ0n) is 17.0. The van der Waals surface area contributed by atoms with Gasteiger partial charge in [-0.25, -0.2) is 0 Å². The first kappa shape index (κ1) is 20.9. The van der Waals surface area contributed by atoms with Crippen molar-refractivity contribution in [2.24, 2.45) is 0 Å². The second kappa shape index (κ2) is 8.70. The van der Waals surface area contributed by atoms with Crippen LogP contribution >= 0.6 is 11.6 Å². The number of benzene rings is 2. The van der Waals surface area contributed by atoms with Crippen LogP contribution in [-0.4, -0.2) is 29.7 Å². The number of fused-ring (bicyclic) bond motifs is 1. The van der Waals surface area contributed by atoms with E-state index >= 15 is 0 Å². The van der Waals surface area contributed by atoms with Crippen molar-refractivity contribution < 1.29 is 19.1 Å². The molecule has 3 rings (SSSR count). The molecule has 0 aliphatic carbocycles. The number of nitrogens with zero attached hydrogens (tertiary/aromatic N) is 1. The number of hydrogen-bond donors (Lipinski definition) is 0. The Bertz CT molecular complexity index is 1050. The molecular formula is C23H24ClNO4. The van der Waals surface area contributed by atoms with E-state index in [4.69, 9.17) is 21.1 Å². The Morgan fingerprint density at radius 3 is 2.45 bits per heavy atom. The lowest BCUT2D eigenvalue weighted by molar-refractivity contribution is -0.147. The van der Waals surface area contributed by atoms with Gasteiger partial charge in [0.2, 0.25) is 0 Å². The first-order valence-corrected chi connectivity index (χ1v) is 9.91. The molecule has 29 heavy (non-hydrogen) atoms. The van der Waals surface area contributed by atoms with Crippen LogP contribution in [-0.2, 0) is 16.0 Å². The zero-order valence-corrected chi connectivity index (χ0v) is 17.7. The molecule has 1 atom stereocenters. The highest BCUT2D eigenvalue weighted by Gasteiger charge is 2.23. The van der Waals surface area contributed by atoms with Crippen LogP contribution in [0.15, 0.2) is 42.5 Å². The van der Waals surface area contributed by atoms with E-state index in [1.165, 1.54) is 0 Å². The predicted octanol–water partition coefficient (Wildman–Crippen LogP) is 5.18. The topological polar surface area (TPSA) is 57.5 Å². The van der Waals surface area contributed by atoms with Gasteiger partial charge < -0.3 is 9.47 Å².